The van der Waals surface area contributed by atoms with Gasteiger partial charge in [-0.05, 0) is 68.1 Å². The maximum Gasteiger partial charge on any atom is 0.310 e. The molecule has 0 unspecified atom stereocenters. The van der Waals surface area contributed by atoms with Gasteiger partial charge in [0.2, 0.25) is 0 Å². The number of aryl methyl sites for hydroxylation is 2. The third-order valence-corrected chi connectivity index (χ3v) is 7.40. The van der Waals surface area contributed by atoms with Gasteiger partial charge >= 0.3 is 6.01 Å². The predicted octanol–water partition coefficient (Wildman–Crippen LogP) is 6.90. The zero-order chi connectivity index (χ0) is 26.4. The number of pyridine rings is 1. The lowest BCUT2D eigenvalue weighted by molar-refractivity contribution is 0.427. The van der Waals surface area contributed by atoms with Gasteiger partial charge in [0.15, 0.2) is 5.65 Å². The Morgan fingerprint density at radius 2 is 1.55 bits per heavy atom. The van der Waals surface area contributed by atoms with Crippen LogP contribution in [0.5, 0.6) is 11.8 Å². The second-order valence-corrected chi connectivity index (χ2v) is 9.96. The lowest BCUT2D eigenvalue weighted by Gasteiger charge is -2.15. The first kappa shape index (κ1) is 24.2. The first-order valence-corrected chi connectivity index (χ1v) is 13.5. The number of hydrogen-bond acceptors (Lipinski definition) is 6. The molecule has 6 aromatic rings. The number of hydrogen-bond donors (Lipinski definition) is 0. The number of ether oxygens (including phenoxy) is 1. The Kier molecular flexibility index (Phi) is 6.13. The van der Waals surface area contributed by atoms with Crippen molar-refractivity contribution < 1.29 is 4.74 Å². The van der Waals surface area contributed by atoms with Crippen LogP contribution in [0.15, 0.2) is 88.7 Å². The van der Waals surface area contributed by atoms with Crippen LogP contribution in [-0.4, -0.2) is 30.6 Å². The van der Waals surface area contributed by atoms with Crippen LogP contribution in [0.1, 0.15) is 11.3 Å². The average molecular weight is 540 g/mol. The quantitative estimate of drug-likeness (QED) is 0.222. The molecule has 0 aliphatic rings. The molecule has 0 saturated carbocycles. The number of rotatable bonds is 5. The van der Waals surface area contributed by atoms with Gasteiger partial charge in [-0.1, -0.05) is 48.0 Å². The number of benzene rings is 3. The van der Waals surface area contributed by atoms with Gasteiger partial charge in [-0.15, -0.1) is 11.8 Å². The molecule has 7 nitrogen and oxygen atoms in total. The van der Waals surface area contributed by atoms with E-state index in [1.165, 1.54) is 16.3 Å². The van der Waals surface area contributed by atoms with E-state index in [2.05, 4.69) is 0 Å². The minimum atomic E-state index is -0.270. The van der Waals surface area contributed by atoms with Crippen molar-refractivity contribution in [2.75, 3.05) is 6.26 Å². The Morgan fingerprint density at radius 1 is 0.868 bits per heavy atom. The fourth-order valence-electron chi connectivity index (χ4n) is 4.47. The highest BCUT2D eigenvalue weighted by Gasteiger charge is 2.24. The summed E-state index contributed by atoms with van der Waals surface area (Å²) in [5, 5.41) is 7.30. The highest BCUT2D eigenvalue weighted by molar-refractivity contribution is 7.98. The van der Waals surface area contributed by atoms with Crippen molar-refractivity contribution in [3.05, 3.63) is 105 Å². The Hall–Kier alpha value is -4.14. The van der Waals surface area contributed by atoms with Crippen LogP contribution < -0.4 is 10.3 Å². The van der Waals surface area contributed by atoms with E-state index in [0.29, 0.717) is 44.1 Å². The van der Waals surface area contributed by atoms with Crippen LogP contribution >= 0.6 is 23.4 Å². The summed E-state index contributed by atoms with van der Waals surface area (Å²) in [5.41, 5.74) is 3.78. The largest absolute Gasteiger partial charge is 0.425 e. The maximum absolute atomic E-state index is 14.1. The van der Waals surface area contributed by atoms with E-state index in [4.69, 9.17) is 31.4 Å². The smallest absolute Gasteiger partial charge is 0.310 e. The van der Waals surface area contributed by atoms with Crippen molar-refractivity contribution in [2.24, 2.45) is 0 Å². The molecule has 0 N–H and O–H groups in total. The second kappa shape index (κ2) is 9.63. The van der Waals surface area contributed by atoms with Crippen molar-refractivity contribution in [3.63, 3.8) is 0 Å². The molecule has 0 fully saturated rings. The Morgan fingerprint density at radius 3 is 2.21 bits per heavy atom. The molecule has 3 aromatic carbocycles. The molecule has 0 aliphatic carbocycles. The van der Waals surface area contributed by atoms with Gasteiger partial charge in [0, 0.05) is 5.02 Å². The molecule has 188 valence electrons. The number of nitrogens with zero attached hydrogens (tertiary/aromatic N) is 5. The predicted molar refractivity (Wildman–Crippen MR) is 153 cm³/mol. The van der Waals surface area contributed by atoms with Crippen LogP contribution in [-0.2, 0) is 0 Å². The van der Waals surface area contributed by atoms with Gasteiger partial charge in [0.25, 0.3) is 5.56 Å². The molecule has 0 amide bonds. The van der Waals surface area contributed by atoms with Crippen LogP contribution in [0.2, 0.25) is 5.02 Å². The SMILES string of the molecule is CSc1nn(-c2ccccc2)c2nc(C)c3c(=O)n(-c4ccccc4)c(Oc4ccc(Cl)c(C)c4)nc3c12. The van der Waals surface area contributed by atoms with E-state index >= 15 is 0 Å². The summed E-state index contributed by atoms with van der Waals surface area (Å²) >= 11 is 7.72. The summed E-state index contributed by atoms with van der Waals surface area (Å²) < 4.78 is 9.55. The molecule has 0 saturated heterocycles. The lowest BCUT2D eigenvalue weighted by atomic mass is 10.2. The maximum atomic E-state index is 14.1. The number of fused-ring (bicyclic) bond motifs is 3. The zero-order valence-electron chi connectivity index (χ0n) is 20.8. The topological polar surface area (TPSA) is 74.8 Å². The molecule has 0 radical (unpaired) electrons. The van der Waals surface area contributed by atoms with Gasteiger partial charge in [-0.3, -0.25) is 4.79 Å². The first-order chi connectivity index (χ1) is 18.5. The van der Waals surface area contributed by atoms with E-state index in [1.807, 2.05) is 86.8 Å². The Bertz CT molecular complexity index is 1890. The molecule has 9 heteroatoms. The fraction of sp³-hybridized carbons (Fsp3) is 0.103. The van der Waals surface area contributed by atoms with E-state index in [0.717, 1.165) is 16.3 Å². The molecule has 38 heavy (non-hydrogen) atoms. The van der Waals surface area contributed by atoms with E-state index < -0.39 is 0 Å². The third-order valence-electron chi connectivity index (χ3n) is 6.30. The summed E-state index contributed by atoms with van der Waals surface area (Å²) in [7, 11) is 0. The number of thioether (sulfide) groups is 1. The Balaban J connectivity index is 1.70. The lowest BCUT2D eigenvalue weighted by Crippen LogP contribution is -2.22. The summed E-state index contributed by atoms with van der Waals surface area (Å²) in [5.74, 6) is 0.523. The van der Waals surface area contributed by atoms with Crippen LogP contribution in [0.4, 0.5) is 0 Å². The van der Waals surface area contributed by atoms with E-state index in [9.17, 15) is 4.79 Å². The summed E-state index contributed by atoms with van der Waals surface area (Å²) in [6.45, 7) is 3.72. The van der Waals surface area contributed by atoms with E-state index in [-0.39, 0.29) is 11.6 Å². The van der Waals surface area contributed by atoms with Gasteiger partial charge in [-0.2, -0.15) is 10.1 Å². The number of aromatic nitrogens is 5. The monoisotopic (exact) mass is 539 g/mol. The van der Waals surface area contributed by atoms with Gasteiger partial charge in [0.05, 0.1) is 33.4 Å². The highest BCUT2D eigenvalue weighted by Crippen LogP contribution is 2.34. The standard InChI is InChI=1S/C29H22ClN5O2S/c1-17-16-21(14-15-22(17)30)37-29-32-25-23(28(36)34(29)19-10-6-4-7-11-19)18(2)31-26-24(25)27(38-3)33-35(26)20-12-8-5-9-13-20/h4-16H,1-3H3. The van der Waals surface area contributed by atoms with Crippen molar-refractivity contribution >= 4 is 45.3 Å². The van der Waals surface area contributed by atoms with Crippen molar-refractivity contribution in [3.8, 4) is 23.1 Å². The molecule has 0 spiro atoms. The Labute approximate surface area is 227 Å². The normalized spacial score (nSPS) is 11.4. The van der Waals surface area contributed by atoms with Crippen molar-refractivity contribution in [2.45, 2.75) is 18.9 Å². The van der Waals surface area contributed by atoms with Crippen molar-refractivity contribution in [1.29, 1.82) is 0 Å². The number of halogens is 1. The second-order valence-electron chi connectivity index (χ2n) is 8.76. The molecular weight excluding hydrogens is 518 g/mol. The summed E-state index contributed by atoms with van der Waals surface area (Å²) in [6, 6.07) is 24.6. The van der Waals surface area contributed by atoms with Gasteiger partial charge in [0.1, 0.15) is 10.8 Å². The minimum absolute atomic E-state index is 0.141. The molecular formula is C29H22ClN5O2S. The highest BCUT2D eigenvalue weighted by atomic mass is 35.5. The third kappa shape index (κ3) is 4.02. The molecule has 0 bridgehead atoms. The minimum Gasteiger partial charge on any atom is -0.425 e. The van der Waals surface area contributed by atoms with E-state index in [1.54, 1.807) is 16.8 Å². The molecule has 0 atom stereocenters. The molecule has 3 aromatic heterocycles. The first-order valence-electron chi connectivity index (χ1n) is 11.9. The zero-order valence-corrected chi connectivity index (χ0v) is 22.4. The van der Waals surface area contributed by atoms with Gasteiger partial charge in [-0.25, -0.2) is 14.2 Å². The van der Waals surface area contributed by atoms with Crippen LogP contribution in [0.25, 0.3) is 33.3 Å². The molecule has 6 rings (SSSR count). The van der Waals surface area contributed by atoms with Crippen LogP contribution in [0.3, 0.4) is 0 Å². The summed E-state index contributed by atoms with van der Waals surface area (Å²) in [6.07, 6.45) is 1.95. The van der Waals surface area contributed by atoms with Crippen molar-refractivity contribution in [1.82, 2.24) is 24.3 Å². The molecule has 0 aliphatic heterocycles. The van der Waals surface area contributed by atoms with Crippen LogP contribution in [0, 0.1) is 13.8 Å². The molecule has 3 heterocycles. The number of para-hydroxylation sites is 2. The average Bonchev–Trinajstić information content (AvgIpc) is 3.30. The fourth-order valence-corrected chi connectivity index (χ4v) is 5.15. The van der Waals surface area contributed by atoms with Gasteiger partial charge < -0.3 is 4.74 Å². The summed E-state index contributed by atoms with van der Waals surface area (Å²) in [4.78, 5) is 24.0.